The zero-order valence-electron chi connectivity index (χ0n) is 10.9. The molecular formula is C11H21N3O2S. The fraction of sp³-hybridized carbons (Fsp3) is 0.818. The van der Waals surface area contributed by atoms with Gasteiger partial charge in [0.1, 0.15) is 18.4 Å². The predicted molar refractivity (Wildman–Crippen MR) is 68.5 cm³/mol. The van der Waals surface area contributed by atoms with Gasteiger partial charge in [-0.05, 0) is 27.2 Å². The molecule has 1 aromatic heterocycles. The number of nitrogens with zero attached hydrogens (tertiary/aromatic N) is 2. The lowest BCUT2D eigenvalue weighted by Gasteiger charge is -2.22. The first kappa shape index (κ1) is 14.3. The summed E-state index contributed by atoms with van der Waals surface area (Å²) in [5, 5.41) is 13.0. The van der Waals surface area contributed by atoms with Crippen molar-refractivity contribution in [1.82, 2.24) is 14.1 Å². The first-order chi connectivity index (χ1) is 7.92. The number of aliphatic hydroxyl groups is 1. The van der Waals surface area contributed by atoms with Crippen LogP contribution in [0.2, 0.25) is 0 Å². The molecule has 6 heteroatoms. The minimum atomic E-state index is -0.541. The average molecular weight is 259 g/mol. The van der Waals surface area contributed by atoms with Gasteiger partial charge in [0.05, 0.1) is 11.7 Å². The summed E-state index contributed by atoms with van der Waals surface area (Å²) in [6, 6.07) is 0. The molecule has 2 N–H and O–H groups in total. The molecular weight excluding hydrogens is 238 g/mol. The smallest absolute Gasteiger partial charge is 0.249 e. The fourth-order valence-electron chi connectivity index (χ4n) is 1.18. The zero-order valence-corrected chi connectivity index (χ0v) is 11.7. The Labute approximate surface area is 107 Å². The van der Waals surface area contributed by atoms with E-state index in [1.165, 1.54) is 0 Å². The Morgan fingerprint density at radius 2 is 2.12 bits per heavy atom. The topological polar surface area (TPSA) is 67.3 Å². The number of aromatic nitrogens is 2. The van der Waals surface area contributed by atoms with E-state index in [9.17, 15) is 5.11 Å². The van der Waals surface area contributed by atoms with E-state index < -0.39 is 6.10 Å². The van der Waals surface area contributed by atoms with Gasteiger partial charge in [0.15, 0.2) is 0 Å². The van der Waals surface area contributed by atoms with Crippen LogP contribution in [0.5, 0.6) is 5.88 Å². The highest BCUT2D eigenvalue weighted by atomic mass is 32.1. The average Bonchev–Trinajstić information content (AvgIpc) is 2.69. The molecule has 0 aliphatic rings. The summed E-state index contributed by atoms with van der Waals surface area (Å²) in [6.07, 6.45) is 0.253. The van der Waals surface area contributed by atoms with Crippen molar-refractivity contribution in [2.24, 2.45) is 0 Å². The summed E-state index contributed by atoms with van der Waals surface area (Å²) in [6.45, 7) is 8.91. The Bertz CT molecular complexity index is 336. The normalized spacial score (nSPS) is 13.7. The second kappa shape index (κ2) is 6.28. The minimum Gasteiger partial charge on any atom is -0.473 e. The van der Waals surface area contributed by atoms with Gasteiger partial charge in [-0.1, -0.05) is 6.92 Å². The Balaban J connectivity index is 2.31. The highest BCUT2D eigenvalue weighted by Gasteiger charge is 2.14. The van der Waals surface area contributed by atoms with Gasteiger partial charge in [0.2, 0.25) is 5.88 Å². The second-order valence-corrected chi connectivity index (χ2v) is 5.49. The van der Waals surface area contributed by atoms with E-state index in [0.29, 0.717) is 12.4 Å². The summed E-state index contributed by atoms with van der Waals surface area (Å²) >= 11 is 1.14. The quantitative estimate of drug-likeness (QED) is 0.804. The number of hydrogen-bond acceptors (Lipinski definition) is 6. The molecule has 0 spiro atoms. The van der Waals surface area contributed by atoms with E-state index in [-0.39, 0.29) is 12.1 Å². The van der Waals surface area contributed by atoms with Gasteiger partial charge >= 0.3 is 0 Å². The van der Waals surface area contributed by atoms with Crippen LogP contribution in [0.25, 0.3) is 0 Å². The Morgan fingerprint density at radius 1 is 1.41 bits per heavy atom. The van der Waals surface area contributed by atoms with E-state index in [2.05, 4.69) is 34.8 Å². The van der Waals surface area contributed by atoms with Gasteiger partial charge in [0.25, 0.3) is 0 Å². The van der Waals surface area contributed by atoms with Gasteiger partial charge in [-0.25, -0.2) is 0 Å². The standard InChI is InChI=1S/C11H21N3O2S/c1-5-9-10(14-17-13-9)16-7-8(15)6-12-11(2,3)4/h8,12,15H,5-7H2,1-4H3. The zero-order chi connectivity index (χ0) is 12.9. The molecule has 1 heterocycles. The van der Waals surface area contributed by atoms with Crippen LogP contribution >= 0.6 is 11.7 Å². The molecule has 5 nitrogen and oxygen atoms in total. The largest absolute Gasteiger partial charge is 0.473 e. The van der Waals surface area contributed by atoms with Crippen LogP contribution in [-0.4, -0.2) is 38.6 Å². The van der Waals surface area contributed by atoms with Crippen LogP contribution in [-0.2, 0) is 6.42 Å². The van der Waals surface area contributed by atoms with Gasteiger partial charge in [-0.2, -0.15) is 4.37 Å². The maximum Gasteiger partial charge on any atom is 0.249 e. The molecule has 0 amide bonds. The van der Waals surface area contributed by atoms with E-state index >= 15 is 0 Å². The third-order valence-corrected chi connectivity index (χ3v) is 2.69. The SMILES string of the molecule is CCc1nsnc1OCC(O)CNC(C)(C)C. The number of aryl methyl sites for hydroxylation is 1. The summed E-state index contributed by atoms with van der Waals surface area (Å²) in [4.78, 5) is 0. The predicted octanol–water partition coefficient (Wildman–Crippen LogP) is 1.23. The van der Waals surface area contributed by atoms with E-state index in [0.717, 1.165) is 23.8 Å². The van der Waals surface area contributed by atoms with Crippen LogP contribution in [0.4, 0.5) is 0 Å². The number of aliphatic hydroxyl groups excluding tert-OH is 1. The number of rotatable bonds is 6. The van der Waals surface area contributed by atoms with Crippen LogP contribution < -0.4 is 10.1 Å². The Morgan fingerprint density at radius 3 is 2.71 bits per heavy atom. The molecule has 1 rings (SSSR count). The Hall–Kier alpha value is -0.720. The van der Waals surface area contributed by atoms with E-state index in [1.807, 2.05) is 6.92 Å². The lowest BCUT2D eigenvalue weighted by molar-refractivity contribution is 0.0977. The van der Waals surface area contributed by atoms with Crippen LogP contribution in [0, 0.1) is 0 Å². The van der Waals surface area contributed by atoms with Crippen molar-refractivity contribution in [2.45, 2.75) is 45.8 Å². The molecule has 0 aliphatic carbocycles. The van der Waals surface area contributed by atoms with Gasteiger partial charge in [-0.3, -0.25) is 0 Å². The molecule has 0 fully saturated rings. The molecule has 1 atom stereocenters. The molecule has 0 aliphatic heterocycles. The maximum atomic E-state index is 9.74. The van der Waals surface area contributed by atoms with Crippen molar-refractivity contribution in [3.05, 3.63) is 5.69 Å². The van der Waals surface area contributed by atoms with Gasteiger partial charge < -0.3 is 15.2 Å². The lowest BCUT2D eigenvalue weighted by atomic mass is 10.1. The molecule has 0 radical (unpaired) electrons. The first-order valence-corrected chi connectivity index (χ1v) is 6.52. The van der Waals surface area contributed by atoms with Crippen molar-refractivity contribution in [1.29, 1.82) is 0 Å². The summed E-state index contributed by atoms with van der Waals surface area (Å²) < 4.78 is 13.6. The molecule has 0 aromatic carbocycles. The maximum absolute atomic E-state index is 9.74. The number of ether oxygens (including phenoxy) is 1. The molecule has 1 unspecified atom stereocenters. The number of nitrogens with one attached hydrogen (secondary N) is 1. The summed E-state index contributed by atoms with van der Waals surface area (Å²) in [7, 11) is 0. The first-order valence-electron chi connectivity index (χ1n) is 5.79. The molecule has 17 heavy (non-hydrogen) atoms. The fourth-order valence-corrected chi connectivity index (χ4v) is 1.76. The number of hydrogen-bond donors (Lipinski definition) is 2. The van der Waals surface area contributed by atoms with Crippen molar-refractivity contribution in [3.63, 3.8) is 0 Å². The monoisotopic (exact) mass is 259 g/mol. The molecule has 0 saturated heterocycles. The summed E-state index contributed by atoms with van der Waals surface area (Å²) in [5.41, 5.74) is 0.851. The molecule has 98 valence electrons. The van der Waals surface area contributed by atoms with Crippen LogP contribution in [0.3, 0.4) is 0 Å². The molecule has 0 bridgehead atoms. The third kappa shape index (κ3) is 5.43. The van der Waals surface area contributed by atoms with Crippen molar-refractivity contribution < 1.29 is 9.84 Å². The minimum absolute atomic E-state index is 0.00224. The van der Waals surface area contributed by atoms with Crippen molar-refractivity contribution in [3.8, 4) is 5.88 Å². The van der Waals surface area contributed by atoms with E-state index in [4.69, 9.17) is 4.74 Å². The molecule has 1 aromatic rings. The Kier molecular flexibility index (Phi) is 5.30. The van der Waals surface area contributed by atoms with E-state index in [1.54, 1.807) is 0 Å². The summed E-state index contributed by atoms with van der Waals surface area (Å²) in [5.74, 6) is 0.548. The van der Waals surface area contributed by atoms with Gasteiger partial charge in [-0.15, -0.1) is 4.37 Å². The molecule has 0 saturated carbocycles. The van der Waals surface area contributed by atoms with Crippen molar-refractivity contribution >= 4 is 11.7 Å². The third-order valence-electron chi connectivity index (χ3n) is 2.14. The number of β-amino-alcohol motifs (C(OH)–C–C–N with tert-alkyl or cyclic N) is 1. The second-order valence-electron chi connectivity index (χ2n) is 4.97. The van der Waals surface area contributed by atoms with Crippen LogP contribution in [0.15, 0.2) is 0 Å². The lowest BCUT2D eigenvalue weighted by Crippen LogP contribution is -2.42. The highest BCUT2D eigenvalue weighted by Crippen LogP contribution is 2.15. The van der Waals surface area contributed by atoms with Gasteiger partial charge in [0, 0.05) is 12.1 Å². The van der Waals surface area contributed by atoms with Crippen LogP contribution in [0.1, 0.15) is 33.4 Å². The van der Waals surface area contributed by atoms with Crippen molar-refractivity contribution in [2.75, 3.05) is 13.2 Å². The highest BCUT2D eigenvalue weighted by molar-refractivity contribution is 6.99.